The van der Waals surface area contributed by atoms with Gasteiger partial charge < -0.3 is 22.1 Å². The summed E-state index contributed by atoms with van der Waals surface area (Å²) in [6.07, 6.45) is 0.615. The predicted octanol–water partition coefficient (Wildman–Crippen LogP) is -0.352. The number of primary amides is 2. The van der Waals surface area contributed by atoms with E-state index in [1.54, 1.807) is 30.3 Å². The van der Waals surface area contributed by atoms with Crippen molar-refractivity contribution in [3.8, 4) is 0 Å². The van der Waals surface area contributed by atoms with Crippen LogP contribution in [0, 0.1) is 0 Å². The maximum atomic E-state index is 11.8. The summed E-state index contributed by atoms with van der Waals surface area (Å²) in [5.41, 5.74) is 9.33. The maximum Gasteiger partial charge on any atom is 0.316 e. The number of hydrogen-bond donors (Lipinski definition) is 4. The normalized spacial score (nSPS) is 10.7. The van der Waals surface area contributed by atoms with Crippen molar-refractivity contribution in [3.63, 3.8) is 0 Å². The zero-order valence-corrected chi connectivity index (χ0v) is 11.9. The van der Waals surface area contributed by atoms with Crippen LogP contribution < -0.4 is 22.1 Å². The van der Waals surface area contributed by atoms with Crippen molar-refractivity contribution >= 4 is 17.8 Å². The molecule has 1 rings (SSSR count). The van der Waals surface area contributed by atoms with E-state index in [0.717, 1.165) is 0 Å². The molecule has 0 bridgehead atoms. The second kappa shape index (κ2) is 7.28. The summed E-state index contributed by atoms with van der Waals surface area (Å²) in [6, 6.07) is 8.06. The van der Waals surface area contributed by atoms with Gasteiger partial charge in [-0.05, 0) is 12.0 Å². The predicted molar refractivity (Wildman–Crippen MR) is 78.1 cm³/mol. The van der Waals surface area contributed by atoms with Crippen molar-refractivity contribution in [1.29, 1.82) is 0 Å². The molecule has 0 aliphatic heterocycles. The molecule has 0 heterocycles. The van der Waals surface area contributed by atoms with Gasteiger partial charge in [-0.15, -0.1) is 0 Å². The van der Waals surface area contributed by atoms with Gasteiger partial charge in [0.05, 0.1) is 0 Å². The van der Waals surface area contributed by atoms with Crippen molar-refractivity contribution in [2.45, 2.75) is 25.3 Å². The lowest BCUT2D eigenvalue weighted by molar-refractivity contribution is -0.134. The third kappa shape index (κ3) is 4.20. The van der Waals surface area contributed by atoms with E-state index in [9.17, 15) is 14.4 Å². The van der Waals surface area contributed by atoms with Gasteiger partial charge in [0, 0.05) is 13.0 Å². The van der Waals surface area contributed by atoms with Crippen LogP contribution in [-0.4, -0.2) is 29.9 Å². The Hall–Kier alpha value is -2.57. The molecule has 21 heavy (non-hydrogen) atoms. The number of benzene rings is 1. The SMILES string of the molecule is CCCNC(=O)NC(Cc1ccccc1)(C(N)=O)C(N)=O. The zero-order chi connectivity index (χ0) is 15.9. The van der Waals surface area contributed by atoms with Gasteiger partial charge in [0.2, 0.25) is 5.54 Å². The van der Waals surface area contributed by atoms with Crippen LogP contribution in [0.25, 0.3) is 0 Å². The lowest BCUT2D eigenvalue weighted by Gasteiger charge is -2.28. The van der Waals surface area contributed by atoms with Gasteiger partial charge in [-0.1, -0.05) is 37.3 Å². The Balaban J connectivity index is 3.02. The van der Waals surface area contributed by atoms with E-state index in [0.29, 0.717) is 18.5 Å². The molecule has 1 aromatic carbocycles. The first kappa shape index (κ1) is 16.5. The molecule has 0 radical (unpaired) electrons. The Bertz CT molecular complexity index is 502. The van der Waals surface area contributed by atoms with E-state index in [1.807, 2.05) is 6.92 Å². The summed E-state index contributed by atoms with van der Waals surface area (Å²) < 4.78 is 0. The first-order chi connectivity index (χ1) is 9.92. The van der Waals surface area contributed by atoms with E-state index in [2.05, 4.69) is 10.6 Å². The van der Waals surface area contributed by atoms with Crippen molar-refractivity contribution in [1.82, 2.24) is 10.6 Å². The Labute approximate surface area is 123 Å². The second-order valence-electron chi connectivity index (χ2n) is 4.68. The fraction of sp³-hybridized carbons (Fsp3) is 0.357. The van der Waals surface area contributed by atoms with Crippen LogP contribution in [0.4, 0.5) is 4.79 Å². The summed E-state index contributed by atoms with van der Waals surface area (Å²) in [6.45, 7) is 2.28. The molecule has 0 atom stereocenters. The number of rotatable bonds is 7. The molecule has 4 amide bonds. The van der Waals surface area contributed by atoms with E-state index in [4.69, 9.17) is 11.5 Å². The number of urea groups is 1. The summed E-state index contributed by atoms with van der Waals surface area (Å²) in [4.78, 5) is 35.3. The molecule has 0 saturated carbocycles. The quantitative estimate of drug-likeness (QED) is 0.513. The minimum absolute atomic E-state index is 0.0992. The van der Waals surface area contributed by atoms with Gasteiger partial charge in [0.25, 0.3) is 11.8 Å². The maximum absolute atomic E-state index is 11.8. The molecule has 7 nitrogen and oxygen atoms in total. The van der Waals surface area contributed by atoms with Crippen molar-refractivity contribution in [3.05, 3.63) is 35.9 Å². The third-order valence-corrected chi connectivity index (χ3v) is 3.02. The number of nitrogens with one attached hydrogen (secondary N) is 2. The minimum Gasteiger partial charge on any atom is -0.367 e. The van der Waals surface area contributed by atoms with E-state index in [1.165, 1.54) is 0 Å². The van der Waals surface area contributed by atoms with Crippen LogP contribution in [-0.2, 0) is 16.0 Å². The zero-order valence-electron chi connectivity index (χ0n) is 11.9. The average molecular weight is 292 g/mol. The Morgan fingerprint density at radius 3 is 2.14 bits per heavy atom. The highest BCUT2D eigenvalue weighted by atomic mass is 16.2. The van der Waals surface area contributed by atoms with Gasteiger partial charge in [-0.3, -0.25) is 9.59 Å². The fourth-order valence-electron chi connectivity index (χ4n) is 1.84. The Morgan fingerprint density at radius 2 is 1.67 bits per heavy atom. The molecule has 1 aromatic rings. The van der Waals surface area contributed by atoms with Crippen LogP contribution in [0.2, 0.25) is 0 Å². The molecule has 0 aromatic heterocycles. The minimum atomic E-state index is -1.96. The number of amides is 4. The topological polar surface area (TPSA) is 127 Å². The van der Waals surface area contributed by atoms with Gasteiger partial charge in [0.1, 0.15) is 0 Å². The Morgan fingerprint density at radius 1 is 1.10 bits per heavy atom. The van der Waals surface area contributed by atoms with Crippen molar-refractivity contribution < 1.29 is 14.4 Å². The molecular formula is C14H20N4O3. The highest BCUT2D eigenvalue weighted by molar-refractivity contribution is 6.11. The van der Waals surface area contributed by atoms with E-state index >= 15 is 0 Å². The van der Waals surface area contributed by atoms with Gasteiger partial charge in [0.15, 0.2) is 0 Å². The number of nitrogens with two attached hydrogens (primary N) is 2. The monoisotopic (exact) mass is 292 g/mol. The highest BCUT2D eigenvalue weighted by Gasteiger charge is 2.44. The average Bonchev–Trinajstić information content (AvgIpc) is 2.45. The fourth-order valence-corrected chi connectivity index (χ4v) is 1.84. The summed E-state index contributed by atoms with van der Waals surface area (Å²) in [5, 5.41) is 4.83. The van der Waals surface area contributed by atoms with Gasteiger partial charge in [-0.2, -0.15) is 0 Å². The molecule has 0 aliphatic carbocycles. The molecule has 0 spiro atoms. The summed E-state index contributed by atoms with van der Waals surface area (Å²) in [7, 11) is 0. The molecule has 114 valence electrons. The lowest BCUT2D eigenvalue weighted by Crippen LogP contribution is -2.67. The molecule has 0 unspecified atom stereocenters. The molecule has 7 heteroatoms. The molecular weight excluding hydrogens is 272 g/mol. The Kier molecular flexibility index (Phi) is 5.71. The summed E-state index contributed by atoms with van der Waals surface area (Å²) >= 11 is 0. The lowest BCUT2D eigenvalue weighted by atomic mass is 9.89. The van der Waals surface area contributed by atoms with Crippen molar-refractivity contribution in [2.24, 2.45) is 11.5 Å². The van der Waals surface area contributed by atoms with E-state index < -0.39 is 23.4 Å². The second-order valence-corrected chi connectivity index (χ2v) is 4.68. The first-order valence-corrected chi connectivity index (χ1v) is 6.62. The van der Waals surface area contributed by atoms with Crippen LogP contribution in [0.3, 0.4) is 0 Å². The van der Waals surface area contributed by atoms with Crippen LogP contribution in [0.1, 0.15) is 18.9 Å². The molecule has 0 aliphatic rings. The number of carbonyl (C=O) groups is 3. The third-order valence-electron chi connectivity index (χ3n) is 3.02. The number of hydrogen-bond acceptors (Lipinski definition) is 3. The van der Waals surface area contributed by atoms with Crippen molar-refractivity contribution in [2.75, 3.05) is 6.54 Å². The highest BCUT2D eigenvalue weighted by Crippen LogP contribution is 2.13. The standard InChI is InChI=1S/C14H20N4O3/c1-2-8-17-13(21)18-14(11(15)19,12(16)20)9-10-6-4-3-5-7-10/h3-7H,2,8-9H2,1H3,(H2,15,19)(H2,16,20)(H2,17,18,21). The van der Waals surface area contributed by atoms with Crippen LogP contribution in [0.5, 0.6) is 0 Å². The van der Waals surface area contributed by atoms with E-state index in [-0.39, 0.29) is 6.42 Å². The van der Waals surface area contributed by atoms with Crippen LogP contribution in [0.15, 0.2) is 30.3 Å². The molecule has 0 saturated heterocycles. The van der Waals surface area contributed by atoms with Crippen LogP contribution >= 0.6 is 0 Å². The smallest absolute Gasteiger partial charge is 0.316 e. The largest absolute Gasteiger partial charge is 0.367 e. The summed E-state index contributed by atoms with van der Waals surface area (Å²) in [5.74, 6) is -1.99. The molecule has 6 N–H and O–H groups in total. The number of carbonyl (C=O) groups excluding carboxylic acids is 3. The molecule has 0 fully saturated rings. The van der Waals surface area contributed by atoms with Gasteiger partial charge >= 0.3 is 6.03 Å². The van der Waals surface area contributed by atoms with Gasteiger partial charge in [-0.25, -0.2) is 4.79 Å². The first-order valence-electron chi connectivity index (χ1n) is 6.62.